The number of hydrogen-bond acceptors (Lipinski definition) is 3. The molecule has 2 aliphatic heterocycles. The molecule has 0 spiro atoms. The predicted octanol–water partition coefficient (Wildman–Crippen LogP) is 0.188. The van der Waals surface area contributed by atoms with E-state index in [2.05, 4.69) is 10.2 Å². The molecule has 2 N–H and O–H groups in total. The maximum atomic E-state index is 9.27. The summed E-state index contributed by atoms with van der Waals surface area (Å²) in [6.45, 7) is 2.87. The van der Waals surface area contributed by atoms with Gasteiger partial charge in [-0.05, 0) is 6.08 Å². The van der Waals surface area contributed by atoms with Crippen molar-refractivity contribution in [3.05, 3.63) is 23.7 Å². The highest BCUT2D eigenvalue weighted by atomic mass is 16.3. The number of rotatable bonds is 0. The molecule has 1 saturated heterocycles. The van der Waals surface area contributed by atoms with Crippen molar-refractivity contribution in [1.29, 1.82) is 0 Å². The Kier molecular flexibility index (Phi) is 1.09. The molecule has 0 aromatic carbocycles. The Bertz CT molecular complexity index is 208. The highest BCUT2D eigenvalue weighted by Crippen LogP contribution is 2.15. The van der Waals surface area contributed by atoms with Gasteiger partial charge in [0.05, 0.1) is 0 Å². The third kappa shape index (κ3) is 0.667. The Morgan fingerprint density at radius 2 is 2.50 bits per heavy atom. The third-order valence-electron chi connectivity index (χ3n) is 1.83. The smallest absolute Gasteiger partial charge is 0.155 e. The fourth-order valence-electron chi connectivity index (χ4n) is 1.34. The third-order valence-corrected chi connectivity index (χ3v) is 1.83. The highest BCUT2D eigenvalue weighted by Gasteiger charge is 2.20. The molecule has 0 bridgehead atoms. The van der Waals surface area contributed by atoms with E-state index in [1.54, 1.807) is 6.08 Å². The van der Waals surface area contributed by atoms with Crippen molar-refractivity contribution in [2.45, 2.75) is 0 Å². The molecule has 10 heavy (non-hydrogen) atoms. The zero-order chi connectivity index (χ0) is 6.97. The number of aliphatic hydroxyl groups is 1. The molecule has 0 aliphatic carbocycles. The van der Waals surface area contributed by atoms with E-state index in [1.165, 1.54) is 0 Å². The first-order valence-electron chi connectivity index (χ1n) is 3.46. The zero-order valence-electron chi connectivity index (χ0n) is 5.67. The molecule has 2 rings (SSSR count). The van der Waals surface area contributed by atoms with Crippen LogP contribution in [0.5, 0.6) is 0 Å². The van der Waals surface area contributed by atoms with Gasteiger partial charge in [-0.2, -0.15) is 0 Å². The number of nitrogens with zero attached hydrogens (tertiary/aromatic N) is 1. The van der Waals surface area contributed by atoms with Crippen LogP contribution in [0, 0.1) is 0 Å². The minimum absolute atomic E-state index is 0.365. The number of aliphatic hydroxyl groups excluding tert-OH is 1. The van der Waals surface area contributed by atoms with E-state index in [9.17, 15) is 5.11 Å². The van der Waals surface area contributed by atoms with Gasteiger partial charge >= 0.3 is 0 Å². The molecular weight excluding hydrogens is 128 g/mol. The second-order valence-corrected chi connectivity index (χ2v) is 2.51. The minimum Gasteiger partial charge on any atom is -0.504 e. The maximum absolute atomic E-state index is 9.27. The molecule has 3 nitrogen and oxygen atoms in total. The number of hydrogen-bond donors (Lipinski definition) is 2. The van der Waals surface area contributed by atoms with Crippen molar-refractivity contribution >= 4 is 0 Å². The number of fused-ring (bicyclic) bond motifs is 1. The molecule has 0 atom stereocenters. The van der Waals surface area contributed by atoms with Crippen LogP contribution in [-0.4, -0.2) is 29.6 Å². The molecule has 2 aliphatic rings. The van der Waals surface area contributed by atoms with Crippen molar-refractivity contribution in [3.63, 3.8) is 0 Å². The molecule has 54 valence electrons. The van der Waals surface area contributed by atoms with E-state index in [1.807, 2.05) is 6.08 Å². The largest absolute Gasteiger partial charge is 0.504 e. The van der Waals surface area contributed by atoms with Crippen LogP contribution in [0.4, 0.5) is 0 Å². The molecular formula is C7H10N2O. The molecule has 0 radical (unpaired) electrons. The van der Waals surface area contributed by atoms with Gasteiger partial charge in [0.25, 0.3) is 0 Å². The summed E-state index contributed by atoms with van der Waals surface area (Å²) in [6, 6.07) is 0. The van der Waals surface area contributed by atoms with Crippen LogP contribution in [0.1, 0.15) is 0 Å². The summed E-state index contributed by atoms with van der Waals surface area (Å²) in [5, 5.41) is 12.4. The van der Waals surface area contributed by atoms with Crippen LogP contribution in [0.3, 0.4) is 0 Å². The second-order valence-electron chi connectivity index (χ2n) is 2.51. The van der Waals surface area contributed by atoms with Gasteiger partial charge in [0.15, 0.2) is 5.76 Å². The van der Waals surface area contributed by atoms with Gasteiger partial charge in [0.1, 0.15) is 5.82 Å². The van der Waals surface area contributed by atoms with Gasteiger partial charge in [-0.1, -0.05) is 6.08 Å². The SMILES string of the molecule is OC1=C2NCCN2CC=C1. The van der Waals surface area contributed by atoms with Gasteiger partial charge in [-0.3, -0.25) is 0 Å². The summed E-state index contributed by atoms with van der Waals surface area (Å²) < 4.78 is 0. The first-order chi connectivity index (χ1) is 4.88. The van der Waals surface area contributed by atoms with E-state index in [-0.39, 0.29) is 0 Å². The molecule has 0 amide bonds. The summed E-state index contributed by atoms with van der Waals surface area (Å²) in [5.74, 6) is 1.26. The van der Waals surface area contributed by atoms with Crippen molar-refractivity contribution < 1.29 is 5.11 Å². The van der Waals surface area contributed by atoms with Crippen molar-refractivity contribution in [2.24, 2.45) is 0 Å². The summed E-state index contributed by atoms with van der Waals surface area (Å²) >= 11 is 0. The van der Waals surface area contributed by atoms with Gasteiger partial charge in [0, 0.05) is 19.6 Å². The first kappa shape index (κ1) is 5.65. The lowest BCUT2D eigenvalue weighted by Crippen LogP contribution is -2.24. The lowest BCUT2D eigenvalue weighted by Gasteiger charge is -2.20. The first-order valence-corrected chi connectivity index (χ1v) is 3.46. The van der Waals surface area contributed by atoms with Gasteiger partial charge < -0.3 is 15.3 Å². The lowest BCUT2D eigenvalue weighted by molar-refractivity contribution is 0.355. The standard InChI is InChI=1S/C7H10N2O/c10-6-2-1-4-9-5-3-8-7(6)9/h1-2,8,10H,3-5H2. The van der Waals surface area contributed by atoms with Crippen LogP contribution < -0.4 is 5.32 Å². The Hall–Kier alpha value is -1.12. The van der Waals surface area contributed by atoms with Crippen LogP contribution in [0.25, 0.3) is 0 Å². The van der Waals surface area contributed by atoms with Gasteiger partial charge in [-0.25, -0.2) is 0 Å². The Balaban J connectivity index is 2.32. The Morgan fingerprint density at radius 1 is 1.60 bits per heavy atom. The van der Waals surface area contributed by atoms with E-state index in [0.29, 0.717) is 5.76 Å². The number of nitrogens with one attached hydrogen (secondary N) is 1. The monoisotopic (exact) mass is 138 g/mol. The minimum atomic E-state index is 0.365. The van der Waals surface area contributed by atoms with Crippen LogP contribution in [0.15, 0.2) is 23.7 Å². The van der Waals surface area contributed by atoms with E-state index in [0.717, 1.165) is 25.5 Å². The lowest BCUT2D eigenvalue weighted by atomic mass is 10.3. The van der Waals surface area contributed by atoms with Crippen molar-refractivity contribution in [2.75, 3.05) is 19.6 Å². The molecule has 2 heterocycles. The highest BCUT2D eigenvalue weighted by molar-refractivity contribution is 5.24. The van der Waals surface area contributed by atoms with E-state index in [4.69, 9.17) is 0 Å². The topological polar surface area (TPSA) is 35.5 Å². The average Bonchev–Trinajstić information content (AvgIpc) is 2.36. The molecule has 0 saturated carbocycles. The maximum Gasteiger partial charge on any atom is 0.155 e. The van der Waals surface area contributed by atoms with Gasteiger partial charge in [0.2, 0.25) is 0 Å². The molecule has 0 unspecified atom stereocenters. The Morgan fingerprint density at radius 3 is 3.30 bits per heavy atom. The van der Waals surface area contributed by atoms with Crippen molar-refractivity contribution in [3.8, 4) is 0 Å². The average molecular weight is 138 g/mol. The summed E-state index contributed by atoms with van der Waals surface area (Å²) in [6.07, 6.45) is 3.70. The summed E-state index contributed by atoms with van der Waals surface area (Å²) in [4.78, 5) is 2.12. The van der Waals surface area contributed by atoms with E-state index < -0.39 is 0 Å². The quantitative estimate of drug-likeness (QED) is 0.501. The normalized spacial score (nSPS) is 23.0. The molecule has 1 fully saturated rings. The fourth-order valence-corrected chi connectivity index (χ4v) is 1.34. The zero-order valence-corrected chi connectivity index (χ0v) is 5.67. The molecule has 0 aromatic heterocycles. The summed E-state index contributed by atoms with van der Waals surface area (Å²) in [7, 11) is 0. The van der Waals surface area contributed by atoms with Crippen LogP contribution >= 0.6 is 0 Å². The Labute approximate surface area is 59.6 Å². The van der Waals surface area contributed by atoms with Crippen LogP contribution in [0.2, 0.25) is 0 Å². The predicted molar refractivity (Wildman–Crippen MR) is 38.4 cm³/mol. The van der Waals surface area contributed by atoms with Crippen molar-refractivity contribution in [1.82, 2.24) is 10.2 Å². The molecule has 0 aromatic rings. The van der Waals surface area contributed by atoms with Gasteiger partial charge in [-0.15, -0.1) is 0 Å². The number of allylic oxidation sites excluding steroid dienone is 1. The second kappa shape index (κ2) is 1.94. The van der Waals surface area contributed by atoms with E-state index >= 15 is 0 Å². The summed E-state index contributed by atoms with van der Waals surface area (Å²) in [5.41, 5.74) is 0. The molecule has 3 heteroatoms. The fraction of sp³-hybridized carbons (Fsp3) is 0.429. The van der Waals surface area contributed by atoms with Crippen LogP contribution in [-0.2, 0) is 0 Å².